The van der Waals surface area contributed by atoms with Crippen molar-refractivity contribution in [2.45, 2.75) is 6.04 Å². The molecule has 2 aliphatic rings. The number of nitrogens with zero attached hydrogens (tertiary/aromatic N) is 4. The van der Waals surface area contributed by atoms with Crippen LogP contribution in [-0.4, -0.2) is 59.9 Å². The molecule has 10 heteroatoms. The van der Waals surface area contributed by atoms with Crippen LogP contribution in [0.25, 0.3) is 11.5 Å². The summed E-state index contributed by atoms with van der Waals surface area (Å²) in [5, 5.41) is 18.7. The highest BCUT2D eigenvalue weighted by Gasteiger charge is 2.29. The molecule has 0 amide bonds. The Hall–Kier alpha value is -2.72. The topological polar surface area (TPSA) is 116 Å². The smallest absolute Gasteiger partial charge is 0.286 e. The van der Waals surface area contributed by atoms with Crippen molar-refractivity contribution < 1.29 is 18.9 Å². The Labute approximate surface area is 142 Å². The van der Waals surface area contributed by atoms with E-state index in [9.17, 15) is 10.1 Å². The Morgan fingerprint density at radius 1 is 1.32 bits per heavy atom. The number of hydrogen-bond acceptors (Lipinski definition) is 9. The lowest BCUT2D eigenvalue weighted by Crippen LogP contribution is -2.44. The zero-order valence-electron chi connectivity index (χ0n) is 13.6. The maximum Gasteiger partial charge on any atom is 0.286 e. The number of rotatable bonds is 3. The summed E-state index contributed by atoms with van der Waals surface area (Å²) in [5.74, 6) is 1.37. The summed E-state index contributed by atoms with van der Waals surface area (Å²) in [7, 11) is 1.98. The molecule has 1 aromatic heterocycles. The van der Waals surface area contributed by atoms with Crippen LogP contribution in [0.1, 0.15) is 11.9 Å². The van der Waals surface area contributed by atoms with Crippen LogP contribution >= 0.6 is 0 Å². The van der Waals surface area contributed by atoms with E-state index >= 15 is 0 Å². The van der Waals surface area contributed by atoms with Gasteiger partial charge >= 0.3 is 0 Å². The standard InChI is InChI=1S/C15H17N5O5/c1-19-3-2-16-8-11(19)14-17-15(25-18-14)9-6-12-13(24-5-4-23-12)7-10(9)20(21)22/h6-7,11,16H,2-5,8H2,1H3. The molecule has 1 atom stereocenters. The first-order valence-corrected chi connectivity index (χ1v) is 7.96. The van der Waals surface area contributed by atoms with Crippen molar-refractivity contribution in [1.82, 2.24) is 20.4 Å². The zero-order chi connectivity index (χ0) is 17.4. The molecule has 25 heavy (non-hydrogen) atoms. The van der Waals surface area contributed by atoms with Crippen LogP contribution in [0.3, 0.4) is 0 Å². The van der Waals surface area contributed by atoms with Gasteiger partial charge in [0.1, 0.15) is 18.8 Å². The molecular weight excluding hydrogens is 330 g/mol. The van der Waals surface area contributed by atoms with E-state index < -0.39 is 4.92 Å². The van der Waals surface area contributed by atoms with Gasteiger partial charge in [-0.1, -0.05) is 5.16 Å². The van der Waals surface area contributed by atoms with Crippen LogP contribution in [-0.2, 0) is 0 Å². The molecule has 0 aliphatic carbocycles. The summed E-state index contributed by atoms with van der Waals surface area (Å²) >= 11 is 0. The predicted octanol–water partition coefficient (Wildman–Crippen LogP) is 0.992. The fourth-order valence-corrected chi connectivity index (χ4v) is 2.97. The second kappa shape index (κ2) is 6.30. The number of nitro groups is 1. The number of aromatic nitrogens is 2. The van der Waals surface area contributed by atoms with Crippen LogP contribution in [0.5, 0.6) is 11.5 Å². The molecule has 1 aromatic carbocycles. The average Bonchev–Trinajstić information content (AvgIpc) is 3.10. The number of benzene rings is 1. The quantitative estimate of drug-likeness (QED) is 0.641. The van der Waals surface area contributed by atoms with Crippen molar-refractivity contribution in [2.24, 2.45) is 0 Å². The molecule has 1 unspecified atom stereocenters. The molecule has 0 saturated carbocycles. The number of hydrogen-bond donors (Lipinski definition) is 1. The summed E-state index contributed by atoms with van der Waals surface area (Å²) in [5.41, 5.74) is 0.0639. The van der Waals surface area contributed by atoms with Gasteiger partial charge in [0.15, 0.2) is 17.3 Å². The van der Waals surface area contributed by atoms with E-state index in [1.54, 1.807) is 0 Å². The number of nitrogens with one attached hydrogen (secondary N) is 1. The Bertz CT molecular complexity index is 808. The molecule has 10 nitrogen and oxygen atoms in total. The van der Waals surface area contributed by atoms with Gasteiger partial charge in [0.25, 0.3) is 11.6 Å². The lowest BCUT2D eigenvalue weighted by molar-refractivity contribution is -0.384. The second-order valence-electron chi connectivity index (χ2n) is 5.93. The van der Waals surface area contributed by atoms with E-state index in [1.807, 2.05) is 7.05 Å². The van der Waals surface area contributed by atoms with Gasteiger partial charge in [0.2, 0.25) is 0 Å². The Morgan fingerprint density at radius 2 is 2.08 bits per heavy atom. The number of ether oxygens (including phenoxy) is 2. The minimum Gasteiger partial charge on any atom is -0.486 e. The van der Waals surface area contributed by atoms with Gasteiger partial charge in [-0.05, 0) is 7.05 Å². The number of likely N-dealkylation sites (N-methyl/N-ethyl adjacent to an activating group) is 1. The van der Waals surface area contributed by atoms with E-state index in [1.165, 1.54) is 12.1 Å². The van der Waals surface area contributed by atoms with Gasteiger partial charge in [-0.3, -0.25) is 15.0 Å². The van der Waals surface area contributed by atoms with E-state index in [4.69, 9.17) is 14.0 Å². The van der Waals surface area contributed by atoms with Crippen molar-refractivity contribution in [3.05, 3.63) is 28.1 Å². The molecule has 1 saturated heterocycles. The molecule has 1 fully saturated rings. The van der Waals surface area contributed by atoms with Crippen LogP contribution in [0.15, 0.2) is 16.7 Å². The van der Waals surface area contributed by atoms with E-state index in [0.717, 1.165) is 13.1 Å². The third kappa shape index (κ3) is 2.89. The molecule has 1 N–H and O–H groups in total. The lowest BCUT2D eigenvalue weighted by atomic mass is 10.1. The summed E-state index contributed by atoms with van der Waals surface area (Å²) in [6, 6.07) is 2.82. The molecule has 0 bridgehead atoms. The predicted molar refractivity (Wildman–Crippen MR) is 85.6 cm³/mol. The number of piperazine rings is 1. The van der Waals surface area contributed by atoms with Crippen molar-refractivity contribution >= 4 is 5.69 Å². The molecule has 0 radical (unpaired) electrons. The molecule has 0 spiro atoms. The molecular formula is C15H17N5O5. The first kappa shape index (κ1) is 15.8. The van der Waals surface area contributed by atoms with Crippen LogP contribution < -0.4 is 14.8 Å². The van der Waals surface area contributed by atoms with Gasteiger partial charge in [-0.2, -0.15) is 4.98 Å². The summed E-state index contributed by atoms with van der Waals surface area (Å²) in [6.45, 7) is 3.19. The minimum absolute atomic E-state index is 0.0393. The zero-order valence-corrected chi connectivity index (χ0v) is 13.6. The maximum atomic E-state index is 11.4. The highest BCUT2D eigenvalue weighted by molar-refractivity contribution is 5.72. The number of fused-ring (bicyclic) bond motifs is 1. The third-order valence-electron chi connectivity index (χ3n) is 4.34. The van der Waals surface area contributed by atoms with Crippen molar-refractivity contribution in [3.8, 4) is 23.0 Å². The largest absolute Gasteiger partial charge is 0.486 e. The van der Waals surface area contributed by atoms with Crippen molar-refractivity contribution in [2.75, 3.05) is 39.9 Å². The fraction of sp³-hybridized carbons (Fsp3) is 0.467. The molecule has 132 valence electrons. The fourth-order valence-electron chi connectivity index (χ4n) is 2.97. The minimum atomic E-state index is -0.494. The van der Waals surface area contributed by atoms with Gasteiger partial charge in [0, 0.05) is 25.7 Å². The van der Waals surface area contributed by atoms with Crippen LogP contribution in [0, 0.1) is 10.1 Å². The van der Waals surface area contributed by atoms with Gasteiger partial charge in [-0.15, -0.1) is 0 Å². The molecule has 2 aromatic rings. The summed E-state index contributed by atoms with van der Waals surface area (Å²) in [6.07, 6.45) is 0. The highest BCUT2D eigenvalue weighted by Crippen LogP contribution is 2.41. The first-order chi connectivity index (χ1) is 12.1. The SMILES string of the molecule is CN1CCNCC1c1noc(-c2cc3c(cc2[N+](=O)[O-])OCCO3)n1. The Balaban J connectivity index is 1.73. The summed E-state index contributed by atoms with van der Waals surface area (Å²) < 4.78 is 16.2. The highest BCUT2D eigenvalue weighted by atomic mass is 16.6. The maximum absolute atomic E-state index is 11.4. The van der Waals surface area contributed by atoms with E-state index in [-0.39, 0.29) is 23.2 Å². The van der Waals surface area contributed by atoms with Crippen molar-refractivity contribution in [1.29, 1.82) is 0 Å². The van der Waals surface area contributed by atoms with Gasteiger partial charge in [0.05, 0.1) is 17.0 Å². The van der Waals surface area contributed by atoms with E-state index in [0.29, 0.717) is 37.1 Å². The third-order valence-corrected chi connectivity index (χ3v) is 4.34. The van der Waals surface area contributed by atoms with Gasteiger partial charge in [-0.25, -0.2) is 0 Å². The second-order valence-corrected chi connectivity index (χ2v) is 5.93. The van der Waals surface area contributed by atoms with Crippen LogP contribution in [0.2, 0.25) is 0 Å². The van der Waals surface area contributed by atoms with Crippen LogP contribution in [0.4, 0.5) is 5.69 Å². The molecule has 3 heterocycles. The summed E-state index contributed by atoms with van der Waals surface area (Å²) in [4.78, 5) is 17.4. The Morgan fingerprint density at radius 3 is 2.80 bits per heavy atom. The monoisotopic (exact) mass is 347 g/mol. The average molecular weight is 347 g/mol. The van der Waals surface area contributed by atoms with Gasteiger partial charge < -0.3 is 19.3 Å². The van der Waals surface area contributed by atoms with E-state index in [2.05, 4.69) is 20.4 Å². The lowest BCUT2D eigenvalue weighted by Gasteiger charge is -2.30. The first-order valence-electron chi connectivity index (χ1n) is 7.96. The Kier molecular flexibility index (Phi) is 3.98. The van der Waals surface area contributed by atoms with Crippen molar-refractivity contribution in [3.63, 3.8) is 0 Å². The number of nitro benzene ring substituents is 1. The normalized spacial score (nSPS) is 20.4. The molecule has 4 rings (SSSR count). The molecule has 2 aliphatic heterocycles.